The van der Waals surface area contributed by atoms with E-state index in [9.17, 15) is 14.7 Å². The van der Waals surface area contributed by atoms with Crippen LogP contribution in [0.5, 0.6) is 5.75 Å². The van der Waals surface area contributed by atoms with Gasteiger partial charge in [-0.05, 0) is 32.1 Å². The van der Waals surface area contributed by atoms with E-state index in [0.29, 0.717) is 5.56 Å². The molecule has 0 fully saturated rings. The molecule has 1 aromatic rings. The average Bonchev–Trinajstić information content (AvgIpc) is 2.78. The summed E-state index contributed by atoms with van der Waals surface area (Å²) in [4.78, 5) is 27.3. The summed E-state index contributed by atoms with van der Waals surface area (Å²) in [6.07, 6.45) is 1.33. The lowest BCUT2D eigenvalue weighted by atomic mass is 10.1. The number of aliphatic hydroxyl groups excluding tert-OH is 2. The number of benzene rings is 1. The topological polar surface area (TPSA) is 141 Å². The van der Waals surface area contributed by atoms with E-state index in [-0.39, 0.29) is 64.1 Å². The summed E-state index contributed by atoms with van der Waals surface area (Å²) in [5, 5.41) is 33.1. The fourth-order valence-corrected chi connectivity index (χ4v) is 2.83. The van der Waals surface area contributed by atoms with Gasteiger partial charge in [-0.1, -0.05) is 0 Å². The molecule has 0 saturated carbocycles. The molecule has 0 aliphatic carbocycles. The summed E-state index contributed by atoms with van der Waals surface area (Å²) in [5.74, 6) is -1.30. The summed E-state index contributed by atoms with van der Waals surface area (Å²) in [7, 11) is 0. The summed E-state index contributed by atoms with van der Waals surface area (Å²) in [5.41, 5.74) is 0.983. The van der Waals surface area contributed by atoms with Crippen LogP contribution >= 0.6 is 0 Å². The van der Waals surface area contributed by atoms with E-state index in [1.165, 1.54) is 6.08 Å². The highest BCUT2D eigenvalue weighted by atomic mass is 16.5. The SMILES string of the molecule is CCN(CC)c1ccc(C=C(C(=O)NCCOCCO)C(=O)NCCOCCO)c(O)c1. The first-order valence-electron chi connectivity index (χ1n) is 10.7. The maximum absolute atomic E-state index is 12.6. The highest BCUT2D eigenvalue weighted by molar-refractivity contribution is 6.21. The second-order valence-corrected chi connectivity index (χ2v) is 6.66. The van der Waals surface area contributed by atoms with Gasteiger partial charge in [0.1, 0.15) is 11.3 Å². The Labute approximate surface area is 188 Å². The fraction of sp³-hybridized carbons (Fsp3) is 0.545. The van der Waals surface area contributed by atoms with E-state index in [0.717, 1.165) is 18.8 Å². The van der Waals surface area contributed by atoms with Gasteiger partial charge in [-0.25, -0.2) is 0 Å². The number of phenols is 1. The maximum Gasteiger partial charge on any atom is 0.256 e. The smallest absolute Gasteiger partial charge is 0.256 e. The lowest BCUT2D eigenvalue weighted by Crippen LogP contribution is -2.37. The number of nitrogens with one attached hydrogen (secondary N) is 2. The van der Waals surface area contributed by atoms with Crippen molar-refractivity contribution >= 4 is 23.6 Å². The zero-order chi connectivity index (χ0) is 23.8. The molecule has 0 bridgehead atoms. The molecule has 0 aliphatic rings. The number of carbonyl (C=O) groups is 2. The molecule has 0 saturated heterocycles. The minimum Gasteiger partial charge on any atom is -0.507 e. The number of ether oxygens (including phenoxy) is 2. The monoisotopic (exact) mass is 453 g/mol. The number of anilines is 1. The average molecular weight is 454 g/mol. The molecular formula is C22H35N3O7. The van der Waals surface area contributed by atoms with Crippen LogP contribution in [0.25, 0.3) is 6.08 Å². The van der Waals surface area contributed by atoms with Crippen LogP contribution in [0.3, 0.4) is 0 Å². The minimum atomic E-state index is -0.626. The van der Waals surface area contributed by atoms with Crippen molar-refractivity contribution in [3.63, 3.8) is 0 Å². The number of hydrogen-bond acceptors (Lipinski definition) is 8. The number of amides is 2. The second-order valence-electron chi connectivity index (χ2n) is 6.66. The zero-order valence-corrected chi connectivity index (χ0v) is 18.8. The lowest BCUT2D eigenvalue weighted by Gasteiger charge is -2.21. The predicted molar refractivity (Wildman–Crippen MR) is 121 cm³/mol. The molecule has 10 heteroatoms. The van der Waals surface area contributed by atoms with Crippen LogP contribution in [0, 0.1) is 0 Å². The Balaban J connectivity index is 2.98. The molecular weight excluding hydrogens is 418 g/mol. The number of hydrogen-bond donors (Lipinski definition) is 5. The molecule has 0 unspecified atom stereocenters. The second kappa shape index (κ2) is 16.0. The molecule has 2 amide bonds. The third-order valence-electron chi connectivity index (χ3n) is 4.47. The molecule has 0 atom stereocenters. The Kier molecular flexibility index (Phi) is 13.7. The van der Waals surface area contributed by atoms with E-state index in [1.807, 2.05) is 19.9 Å². The maximum atomic E-state index is 12.6. The molecule has 10 nitrogen and oxygen atoms in total. The van der Waals surface area contributed by atoms with Gasteiger partial charge in [-0.2, -0.15) is 0 Å². The molecule has 180 valence electrons. The third-order valence-corrected chi connectivity index (χ3v) is 4.47. The van der Waals surface area contributed by atoms with Gasteiger partial charge in [-0.15, -0.1) is 0 Å². The Morgan fingerprint density at radius 2 is 1.47 bits per heavy atom. The van der Waals surface area contributed by atoms with Crippen molar-refractivity contribution in [2.24, 2.45) is 0 Å². The number of aromatic hydroxyl groups is 1. The third kappa shape index (κ3) is 9.65. The summed E-state index contributed by atoms with van der Waals surface area (Å²) in [6, 6.07) is 5.06. The number of rotatable bonds is 16. The Hall–Kier alpha value is -2.66. The van der Waals surface area contributed by atoms with E-state index in [4.69, 9.17) is 19.7 Å². The molecule has 0 radical (unpaired) electrons. The first-order valence-corrected chi connectivity index (χ1v) is 10.7. The van der Waals surface area contributed by atoms with Crippen LogP contribution in [0.1, 0.15) is 19.4 Å². The van der Waals surface area contributed by atoms with Gasteiger partial charge in [-0.3, -0.25) is 9.59 Å². The molecule has 1 aromatic carbocycles. The molecule has 5 N–H and O–H groups in total. The molecule has 1 rings (SSSR count). The molecule has 32 heavy (non-hydrogen) atoms. The first-order chi connectivity index (χ1) is 15.5. The van der Waals surface area contributed by atoms with Gasteiger partial charge < -0.3 is 40.3 Å². The zero-order valence-electron chi connectivity index (χ0n) is 18.8. The number of phenolic OH excluding ortho intramolecular Hbond substituents is 1. The summed E-state index contributed by atoms with van der Waals surface area (Å²) >= 11 is 0. The van der Waals surface area contributed by atoms with Crippen molar-refractivity contribution in [2.75, 3.05) is 70.7 Å². The molecule has 0 aliphatic heterocycles. The van der Waals surface area contributed by atoms with Crippen molar-refractivity contribution in [3.8, 4) is 5.75 Å². The molecule has 0 aromatic heterocycles. The molecule has 0 heterocycles. The summed E-state index contributed by atoms with van der Waals surface area (Å²) < 4.78 is 10.2. The van der Waals surface area contributed by atoms with Crippen molar-refractivity contribution < 1.29 is 34.4 Å². The van der Waals surface area contributed by atoms with Crippen LogP contribution in [0.2, 0.25) is 0 Å². The van der Waals surface area contributed by atoms with Crippen molar-refractivity contribution in [2.45, 2.75) is 13.8 Å². The van der Waals surface area contributed by atoms with Gasteiger partial charge in [0.15, 0.2) is 0 Å². The van der Waals surface area contributed by atoms with E-state index < -0.39 is 11.8 Å². The lowest BCUT2D eigenvalue weighted by molar-refractivity contribution is -0.123. The standard InChI is InChI=1S/C22H35N3O7/c1-3-25(4-2)18-6-5-17(20(28)16-18)15-19(21(29)23-7-11-31-13-9-26)22(30)24-8-12-32-14-10-27/h5-6,15-16,26-28H,3-4,7-14H2,1-2H3,(H,23,29)(H,24,30). The van der Waals surface area contributed by atoms with Crippen LogP contribution in [0.15, 0.2) is 23.8 Å². The van der Waals surface area contributed by atoms with Crippen LogP contribution in [-0.2, 0) is 19.1 Å². The first kappa shape index (κ1) is 27.4. The van der Waals surface area contributed by atoms with Crippen molar-refractivity contribution in [1.82, 2.24) is 10.6 Å². The van der Waals surface area contributed by atoms with Gasteiger partial charge in [0.25, 0.3) is 11.8 Å². The van der Waals surface area contributed by atoms with E-state index in [1.54, 1.807) is 12.1 Å². The van der Waals surface area contributed by atoms with Gasteiger partial charge >= 0.3 is 0 Å². The Morgan fingerprint density at radius 1 is 0.938 bits per heavy atom. The number of carbonyl (C=O) groups excluding carboxylic acids is 2. The normalized spacial score (nSPS) is 10.5. The highest BCUT2D eigenvalue weighted by Crippen LogP contribution is 2.26. The van der Waals surface area contributed by atoms with Gasteiger partial charge in [0, 0.05) is 43.5 Å². The van der Waals surface area contributed by atoms with Gasteiger partial charge in [0.2, 0.25) is 0 Å². The fourth-order valence-electron chi connectivity index (χ4n) is 2.83. The van der Waals surface area contributed by atoms with Gasteiger partial charge in [0.05, 0.1) is 39.6 Å². The van der Waals surface area contributed by atoms with Crippen molar-refractivity contribution in [1.29, 1.82) is 0 Å². The summed E-state index contributed by atoms with van der Waals surface area (Å²) in [6.45, 7) is 6.29. The Morgan fingerprint density at radius 3 is 1.91 bits per heavy atom. The Bertz CT molecular complexity index is 708. The van der Waals surface area contributed by atoms with Crippen LogP contribution in [-0.4, -0.2) is 93.0 Å². The van der Waals surface area contributed by atoms with Crippen LogP contribution in [0.4, 0.5) is 5.69 Å². The highest BCUT2D eigenvalue weighted by Gasteiger charge is 2.19. The number of nitrogens with zero attached hydrogens (tertiary/aromatic N) is 1. The predicted octanol–water partition coefficient (Wildman–Crippen LogP) is -0.128. The van der Waals surface area contributed by atoms with Crippen LogP contribution < -0.4 is 15.5 Å². The number of aliphatic hydroxyl groups is 2. The van der Waals surface area contributed by atoms with Crippen molar-refractivity contribution in [3.05, 3.63) is 29.3 Å². The largest absolute Gasteiger partial charge is 0.507 e. The molecule has 0 spiro atoms. The van der Waals surface area contributed by atoms with E-state index >= 15 is 0 Å². The van der Waals surface area contributed by atoms with E-state index in [2.05, 4.69) is 15.5 Å². The quantitative estimate of drug-likeness (QED) is 0.101. The minimum absolute atomic E-state index is 0.0509.